The van der Waals surface area contributed by atoms with Gasteiger partial charge in [0.2, 0.25) is 0 Å². The van der Waals surface area contributed by atoms with E-state index >= 15 is 0 Å². The lowest BCUT2D eigenvalue weighted by atomic mass is 9.88. The molecule has 6 fully saturated rings. The number of anilines is 2. The summed E-state index contributed by atoms with van der Waals surface area (Å²) >= 11 is 0. The minimum Gasteiger partial charge on any atom is -0.455 e. The number of nitro groups is 2. The number of sulfonamides is 2. The molecule has 6 atom stereocenters. The molecule has 0 radical (unpaired) electrons. The molecule has 612 valence electrons. The van der Waals surface area contributed by atoms with Crippen LogP contribution in [0.1, 0.15) is 168 Å². The molecule has 6 aromatic carbocycles. The molecule has 4 aromatic heterocycles. The number of ether oxygens (including phenoxy) is 6. The lowest BCUT2D eigenvalue weighted by Crippen LogP contribution is -2.36. The topological polar surface area (TPSA) is 356 Å². The van der Waals surface area contributed by atoms with Crippen molar-refractivity contribution >= 4 is 87.8 Å². The maximum atomic E-state index is 13.9. The van der Waals surface area contributed by atoms with Crippen molar-refractivity contribution in [3.63, 3.8) is 0 Å². The van der Waals surface area contributed by atoms with Crippen molar-refractivity contribution in [3.8, 4) is 23.0 Å². The Morgan fingerprint density at radius 3 is 1.33 bits per heavy atom. The summed E-state index contributed by atoms with van der Waals surface area (Å²) in [5, 5.41) is 31.6. The van der Waals surface area contributed by atoms with Crippen molar-refractivity contribution < 1.29 is 64.7 Å². The molecular formula is C88H92N12O16S2. The minimum atomic E-state index is -4.57. The van der Waals surface area contributed by atoms with E-state index in [1.165, 1.54) is 110 Å². The van der Waals surface area contributed by atoms with Crippen LogP contribution in [0.5, 0.6) is 23.0 Å². The molecule has 118 heavy (non-hydrogen) atoms. The van der Waals surface area contributed by atoms with Crippen molar-refractivity contribution in [1.29, 1.82) is 0 Å². The summed E-state index contributed by atoms with van der Waals surface area (Å²) in [5.41, 5.74) is 10.6. The second-order valence-corrected chi connectivity index (χ2v) is 34.7. The lowest BCUT2D eigenvalue weighted by molar-refractivity contribution is -0.384. The van der Waals surface area contributed by atoms with Crippen LogP contribution in [0.25, 0.3) is 33.2 Å². The van der Waals surface area contributed by atoms with Crippen molar-refractivity contribution in [3.05, 3.63) is 247 Å². The number of nitrogens with one attached hydrogen (secondary N) is 6. The van der Waals surface area contributed by atoms with Gasteiger partial charge in [-0.25, -0.2) is 36.2 Å². The van der Waals surface area contributed by atoms with Crippen LogP contribution in [0.2, 0.25) is 0 Å². The van der Waals surface area contributed by atoms with Gasteiger partial charge in [0, 0.05) is 72.6 Å². The van der Waals surface area contributed by atoms with E-state index in [9.17, 15) is 46.7 Å². The van der Waals surface area contributed by atoms with E-state index in [2.05, 4.69) is 110 Å². The van der Waals surface area contributed by atoms with E-state index in [1.807, 2.05) is 24.3 Å². The molecule has 28 nitrogen and oxygen atoms in total. The highest BCUT2D eigenvalue weighted by Crippen LogP contribution is 2.50. The zero-order valence-electron chi connectivity index (χ0n) is 64.9. The zero-order chi connectivity index (χ0) is 81.0. The van der Waals surface area contributed by atoms with Crippen molar-refractivity contribution in [1.82, 2.24) is 39.2 Å². The van der Waals surface area contributed by atoms with E-state index in [0.29, 0.717) is 98.4 Å². The molecule has 0 bridgehead atoms. The van der Waals surface area contributed by atoms with Crippen LogP contribution in [-0.2, 0) is 39.0 Å². The standard InChI is InChI=1S/2C44H46N6O8S/c2*51-44(48-59(54,55)35-14-16-39(41(24-35)50(52)53)46-26-34-27-56-20-21-57-34)38-15-11-30(23-42(38)58-33-22-31-17-18-45-43(31)47-25-33)28-9-12-32(13-10-28)49-19-3-6-40(49)37-5-2-1-4-36(37)29-7-8-29/h2*1-2,4-5,9,11,14-18,22-25,29,32,34,40,46H,3,6-8,10,12-13,19-21,26-27H2,(H,45,47)(H,48,51)/t2*32?,34-,40+/m11/s1. The first-order valence-electron chi connectivity index (χ1n) is 40.6. The van der Waals surface area contributed by atoms with E-state index in [1.54, 1.807) is 48.8 Å². The molecule has 0 spiro atoms. The summed E-state index contributed by atoms with van der Waals surface area (Å²) in [4.78, 5) is 70.0. The van der Waals surface area contributed by atoms with Crippen molar-refractivity contribution in [2.45, 2.75) is 148 Å². The number of aromatic amines is 2. The number of benzene rings is 6. The summed E-state index contributed by atoms with van der Waals surface area (Å²) in [5.74, 6) is 0.506. The van der Waals surface area contributed by atoms with Gasteiger partial charge in [0.1, 0.15) is 45.7 Å². The van der Waals surface area contributed by atoms with Gasteiger partial charge in [0.05, 0.1) is 95.0 Å². The molecule has 30 heteroatoms. The van der Waals surface area contributed by atoms with Gasteiger partial charge in [-0.05, 0) is 232 Å². The summed E-state index contributed by atoms with van der Waals surface area (Å²) in [6.45, 7) is 5.04. The van der Waals surface area contributed by atoms with Gasteiger partial charge in [-0.15, -0.1) is 0 Å². The zero-order valence-corrected chi connectivity index (χ0v) is 66.6. The first kappa shape index (κ1) is 79.3. The quantitative estimate of drug-likeness (QED) is 0.0217. The van der Waals surface area contributed by atoms with Crippen LogP contribution in [0.3, 0.4) is 0 Å². The average Bonchev–Trinajstić information content (AvgIpc) is 1.53. The number of pyridine rings is 2. The smallest absolute Gasteiger partial charge is 0.293 e. The number of H-pyrrole nitrogens is 2. The van der Waals surface area contributed by atoms with Gasteiger partial charge in [0.15, 0.2) is 0 Å². The Labute approximate surface area is 682 Å². The largest absolute Gasteiger partial charge is 0.455 e. The monoisotopic (exact) mass is 1640 g/mol. The highest BCUT2D eigenvalue weighted by Gasteiger charge is 2.40. The van der Waals surface area contributed by atoms with Gasteiger partial charge >= 0.3 is 0 Å². The number of aromatic nitrogens is 4. The Kier molecular flexibility index (Phi) is 23.3. The Balaban J connectivity index is 0.000000169. The number of carbonyl (C=O) groups excluding carboxylic acids is 2. The Hall–Kier alpha value is -11.2. The number of rotatable bonds is 26. The fourth-order valence-corrected chi connectivity index (χ4v) is 19.4. The van der Waals surface area contributed by atoms with Crippen LogP contribution in [-0.4, -0.2) is 158 Å². The molecule has 2 unspecified atom stereocenters. The summed E-state index contributed by atoms with van der Waals surface area (Å²) in [7, 11) is -9.13. The highest BCUT2D eigenvalue weighted by atomic mass is 32.2. The summed E-state index contributed by atoms with van der Waals surface area (Å²) in [6.07, 6.45) is 25.8. The van der Waals surface area contributed by atoms with Gasteiger partial charge < -0.3 is 49.0 Å². The minimum absolute atomic E-state index is 0.0301. The number of carbonyl (C=O) groups is 2. The van der Waals surface area contributed by atoms with Crippen LogP contribution in [0.4, 0.5) is 22.7 Å². The van der Waals surface area contributed by atoms with Gasteiger partial charge in [-0.1, -0.05) is 72.8 Å². The fraction of sp³-hybridized carbons (Fsp3) is 0.364. The molecule has 4 aliphatic heterocycles. The van der Waals surface area contributed by atoms with Crippen LogP contribution in [0, 0.1) is 20.2 Å². The molecule has 6 N–H and O–H groups in total. The van der Waals surface area contributed by atoms with E-state index in [-0.39, 0.29) is 59.3 Å². The third-order valence-corrected chi connectivity index (χ3v) is 26.3. The molecule has 18 rings (SSSR count). The summed E-state index contributed by atoms with van der Waals surface area (Å²) < 4.78 is 93.4. The number of hydrogen-bond donors (Lipinski definition) is 6. The Morgan fingerprint density at radius 1 is 0.508 bits per heavy atom. The molecule has 4 aliphatic carbocycles. The van der Waals surface area contributed by atoms with Crippen molar-refractivity contribution in [2.75, 3.05) is 76.5 Å². The van der Waals surface area contributed by atoms with Crippen LogP contribution in [0.15, 0.2) is 192 Å². The number of nitro benzene ring substituents is 2. The molecule has 10 aromatic rings. The molecule has 8 heterocycles. The first-order chi connectivity index (χ1) is 57.4. The van der Waals surface area contributed by atoms with Crippen molar-refractivity contribution in [2.24, 2.45) is 0 Å². The molecule has 2 amide bonds. The number of hydrogen-bond acceptors (Lipinski definition) is 22. The Bertz CT molecular complexity index is 5410. The van der Waals surface area contributed by atoms with E-state index in [4.69, 9.17) is 28.4 Å². The van der Waals surface area contributed by atoms with Gasteiger partial charge in [-0.3, -0.25) is 39.6 Å². The number of likely N-dealkylation sites (tertiary alicyclic amines) is 2. The second kappa shape index (κ2) is 34.8. The fourth-order valence-electron chi connectivity index (χ4n) is 17.4. The third-order valence-electron chi connectivity index (χ3n) is 23.7. The number of nitrogens with zero attached hydrogens (tertiary/aromatic N) is 6. The van der Waals surface area contributed by atoms with Gasteiger partial charge in [0.25, 0.3) is 43.2 Å². The highest BCUT2D eigenvalue weighted by molar-refractivity contribution is 7.90. The summed E-state index contributed by atoms with van der Waals surface area (Å²) in [6, 6.07) is 44.1. The van der Waals surface area contributed by atoms with E-state index < -0.39 is 62.9 Å². The number of amides is 2. The first-order valence-corrected chi connectivity index (χ1v) is 43.5. The Morgan fingerprint density at radius 2 is 0.941 bits per heavy atom. The van der Waals surface area contributed by atoms with Gasteiger partial charge in [-0.2, -0.15) is 0 Å². The molecule has 4 saturated heterocycles. The molecular weight excluding hydrogens is 1550 g/mol. The normalized spacial score (nSPS) is 21.2. The van der Waals surface area contributed by atoms with E-state index in [0.717, 1.165) is 96.8 Å². The molecule has 2 saturated carbocycles. The lowest BCUT2D eigenvalue weighted by Gasteiger charge is -2.36. The average molecular weight is 1640 g/mol. The number of allylic oxidation sites excluding steroid dienone is 2. The van der Waals surface area contributed by atoms with Crippen LogP contribution >= 0.6 is 0 Å². The predicted octanol–water partition coefficient (Wildman–Crippen LogP) is 15.7. The maximum absolute atomic E-state index is 13.9. The maximum Gasteiger partial charge on any atom is 0.293 e. The van der Waals surface area contributed by atoms with Crippen LogP contribution < -0.4 is 29.6 Å². The number of fused-ring (bicyclic) bond motifs is 2. The predicted molar refractivity (Wildman–Crippen MR) is 444 cm³/mol. The second-order valence-electron chi connectivity index (χ2n) is 31.4. The molecule has 8 aliphatic rings. The third kappa shape index (κ3) is 17.9. The SMILES string of the molecule is O=C(NS(=O)(=O)c1ccc(NC[C@@H]2COCCO2)c([N+](=O)[O-])c1)c1ccc(C2=CCC(N3CCC[C@H]3c3ccccc3C3CC3)CC2)cc1Oc1cnc2[nH]ccc2c1.O=C(NS(=O)(=O)c1ccc(NC[C@@H]2COCCO2)c([N+](=O)[O-])c1)c1ccc(C2=CCC(N3CCC[C@H]3c3ccccc3C3CC3)CC2)cc1Oc1cnc2[nH]ccc2c1.